The van der Waals surface area contributed by atoms with E-state index in [2.05, 4.69) is 15.2 Å². The van der Waals surface area contributed by atoms with Crippen molar-refractivity contribution < 1.29 is 0 Å². The molecule has 0 spiro atoms. The summed E-state index contributed by atoms with van der Waals surface area (Å²) in [4.78, 5) is 6.89. The van der Waals surface area contributed by atoms with Crippen LogP contribution in [0.15, 0.2) is 4.99 Å². The summed E-state index contributed by atoms with van der Waals surface area (Å²) >= 11 is 1.86. The second-order valence-electron chi connectivity index (χ2n) is 3.57. The Morgan fingerprint density at radius 1 is 1.31 bits per heavy atom. The van der Waals surface area contributed by atoms with Crippen molar-refractivity contribution in [1.82, 2.24) is 10.2 Å². The van der Waals surface area contributed by atoms with E-state index in [0.717, 1.165) is 24.1 Å². The first kappa shape index (κ1) is 9.34. The van der Waals surface area contributed by atoms with Gasteiger partial charge in [-0.3, -0.25) is 9.89 Å². The Labute approximate surface area is 84.0 Å². The van der Waals surface area contributed by atoms with E-state index in [9.17, 15) is 0 Å². The molecule has 0 unspecified atom stereocenters. The lowest BCUT2D eigenvalue weighted by Crippen LogP contribution is -2.30. The molecule has 2 rings (SSSR count). The van der Waals surface area contributed by atoms with Gasteiger partial charge in [0.05, 0.1) is 12.4 Å². The molecular weight excluding hydrogens is 182 g/mol. The van der Waals surface area contributed by atoms with Crippen molar-refractivity contribution in [3.05, 3.63) is 0 Å². The zero-order valence-electron chi connectivity index (χ0n) is 7.96. The second-order valence-corrected chi connectivity index (χ2v) is 4.50. The van der Waals surface area contributed by atoms with Crippen molar-refractivity contribution >= 4 is 16.9 Å². The monoisotopic (exact) mass is 199 g/mol. The Hall–Kier alpha value is -0.220. The van der Waals surface area contributed by atoms with Gasteiger partial charge in [-0.2, -0.15) is 0 Å². The predicted octanol–water partition coefficient (Wildman–Crippen LogP) is 1.12. The van der Waals surface area contributed by atoms with E-state index >= 15 is 0 Å². The lowest BCUT2D eigenvalue weighted by Gasteiger charge is -2.25. The molecule has 0 radical (unpaired) electrons. The quantitative estimate of drug-likeness (QED) is 0.722. The molecule has 0 aromatic carbocycles. The Bertz CT molecular complexity index is 187. The first-order valence-corrected chi connectivity index (χ1v) is 6.07. The zero-order chi connectivity index (χ0) is 8.93. The van der Waals surface area contributed by atoms with Crippen LogP contribution in [0, 0.1) is 0 Å². The van der Waals surface area contributed by atoms with Crippen LogP contribution in [0.2, 0.25) is 0 Å². The number of nitrogens with one attached hydrogen (secondary N) is 1. The molecule has 0 aromatic heterocycles. The maximum absolute atomic E-state index is 4.36. The van der Waals surface area contributed by atoms with Crippen LogP contribution in [0.4, 0.5) is 0 Å². The largest absolute Gasteiger partial charge is 0.363 e. The van der Waals surface area contributed by atoms with Gasteiger partial charge in [-0.25, -0.2) is 0 Å². The minimum atomic E-state index is 0.961. The molecule has 0 bridgehead atoms. The average molecular weight is 199 g/mol. The first-order chi connectivity index (χ1) is 6.45. The van der Waals surface area contributed by atoms with Crippen LogP contribution in [-0.4, -0.2) is 42.1 Å². The fourth-order valence-corrected chi connectivity index (χ4v) is 2.66. The van der Waals surface area contributed by atoms with Gasteiger partial charge in [0.1, 0.15) is 0 Å². The number of aliphatic imine (C=N–C) groups is 1. The highest BCUT2D eigenvalue weighted by Crippen LogP contribution is 2.13. The number of amidine groups is 1. The summed E-state index contributed by atoms with van der Waals surface area (Å²) in [7, 11) is 0. The minimum absolute atomic E-state index is 0.961. The lowest BCUT2D eigenvalue weighted by molar-refractivity contribution is 0.267. The summed E-state index contributed by atoms with van der Waals surface area (Å²) in [5.41, 5.74) is 0. The van der Waals surface area contributed by atoms with Crippen molar-refractivity contribution in [2.75, 3.05) is 32.1 Å². The van der Waals surface area contributed by atoms with E-state index in [-0.39, 0.29) is 0 Å². The van der Waals surface area contributed by atoms with Crippen molar-refractivity contribution in [3.8, 4) is 0 Å². The van der Waals surface area contributed by atoms with Gasteiger partial charge in [-0.05, 0) is 25.9 Å². The van der Waals surface area contributed by atoms with Gasteiger partial charge >= 0.3 is 0 Å². The molecule has 1 N–H and O–H groups in total. The molecule has 0 atom stereocenters. The Balaban J connectivity index is 1.66. The molecule has 4 heteroatoms. The van der Waals surface area contributed by atoms with Crippen molar-refractivity contribution in [2.24, 2.45) is 4.99 Å². The van der Waals surface area contributed by atoms with E-state index < -0.39 is 0 Å². The molecule has 0 saturated carbocycles. The molecule has 1 fully saturated rings. The molecule has 0 aromatic rings. The Kier molecular flexibility index (Phi) is 3.49. The topological polar surface area (TPSA) is 27.6 Å². The highest BCUT2D eigenvalue weighted by molar-refractivity contribution is 8.13. The maximum Gasteiger partial charge on any atom is 0.157 e. The molecule has 74 valence electrons. The van der Waals surface area contributed by atoms with Crippen LogP contribution in [0.1, 0.15) is 19.3 Å². The van der Waals surface area contributed by atoms with Crippen LogP contribution in [0.5, 0.6) is 0 Å². The van der Waals surface area contributed by atoms with Gasteiger partial charge in [0.15, 0.2) is 5.17 Å². The van der Waals surface area contributed by atoms with Gasteiger partial charge in [-0.1, -0.05) is 18.2 Å². The summed E-state index contributed by atoms with van der Waals surface area (Å²) in [5.74, 6) is 1.12. The normalized spacial score (nSPS) is 24.2. The van der Waals surface area contributed by atoms with Crippen molar-refractivity contribution in [3.63, 3.8) is 0 Å². The predicted molar refractivity (Wildman–Crippen MR) is 58.2 cm³/mol. The minimum Gasteiger partial charge on any atom is -0.363 e. The van der Waals surface area contributed by atoms with Gasteiger partial charge in [-0.15, -0.1) is 0 Å². The highest BCUT2D eigenvalue weighted by Gasteiger charge is 2.12. The third-order valence-electron chi connectivity index (χ3n) is 2.48. The Morgan fingerprint density at radius 3 is 2.85 bits per heavy atom. The van der Waals surface area contributed by atoms with Crippen LogP contribution < -0.4 is 5.32 Å². The molecule has 2 heterocycles. The number of nitrogens with zero attached hydrogens (tertiary/aromatic N) is 2. The third kappa shape index (κ3) is 2.88. The number of hydrogen-bond acceptors (Lipinski definition) is 4. The molecule has 3 nitrogen and oxygen atoms in total. The smallest absolute Gasteiger partial charge is 0.157 e. The summed E-state index contributed by atoms with van der Waals surface area (Å²) in [6.07, 6.45) is 4.17. The number of piperidine rings is 1. The highest BCUT2D eigenvalue weighted by atomic mass is 32.2. The molecule has 1 saturated heterocycles. The third-order valence-corrected chi connectivity index (χ3v) is 3.52. The van der Waals surface area contributed by atoms with E-state index in [1.54, 1.807) is 0 Å². The van der Waals surface area contributed by atoms with Crippen LogP contribution >= 0.6 is 11.8 Å². The van der Waals surface area contributed by atoms with Crippen LogP contribution in [0.3, 0.4) is 0 Å². The summed E-state index contributed by atoms with van der Waals surface area (Å²) in [6.45, 7) is 4.55. The SMILES string of the molecule is C1CCN(CSC2=NCCN2)CC1. The van der Waals surface area contributed by atoms with E-state index in [0.29, 0.717) is 0 Å². The summed E-state index contributed by atoms with van der Waals surface area (Å²) in [6, 6.07) is 0. The zero-order valence-corrected chi connectivity index (χ0v) is 8.78. The molecule has 2 aliphatic rings. The van der Waals surface area contributed by atoms with E-state index in [1.165, 1.54) is 32.4 Å². The summed E-state index contributed by atoms with van der Waals surface area (Å²) < 4.78 is 0. The average Bonchev–Trinajstić information content (AvgIpc) is 2.69. The number of likely N-dealkylation sites (tertiary alicyclic amines) is 1. The molecular formula is C9H17N3S. The number of thioether (sulfide) groups is 1. The van der Waals surface area contributed by atoms with Gasteiger partial charge in [0, 0.05) is 6.54 Å². The second kappa shape index (κ2) is 4.86. The fourth-order valence-electron chi connectivity index (χ4n) is 1.71. The van der Waals surface area contributed by atoms with Gasteiger partial charge < -0.3 is 5.32 Å². The van der Waals surface area contributed by atoms with Crippen LogP contribution in [-0.2, 0) is 0 Å². The molecule has 0 amide bonds. The maximum atomic E-state index is 4.36. The number of rotatable bonds is 2. The lowest BCUT2D eigenvalue weighted by atomic mass is 10.1. The van der Waals surface area contributed by atoms with Gasteiger partial charge in [0.25, 0.3) is 0 Å². The van der Waals surface area contributed by atoms with E-state index in [1.807, 2.05) is 11.8 Å². The van der Waals surface area contributed by atoms with Gasteiger partial charge in [0.2, 0.25) is 0 Å². The van der Waals surface area contributed by atoms with Crippen molar-refractivity contribution in [1.29, 1.82) is 0 Å². The molecule has 13 heavy (non-hydrogen) atoms. The molecule has 0 aliphatic carbocycles. The standard InChI is InChI=1S/C9H17N3S/c1-2-6-12(7-3-1)8-13-9-10-4-5-11-9/h1-8H2,(H,10,11). The van der Waals surface area contributed by atoms with Crippen LogP contribution in [0.25, 0.3) is 0 Å². The summed E-state index contributed by atoms with van der Waals surface area (Å²) in [5, 5.41) is 4.43. The van der Waals surface area contributed by atoms with Crippen molar-refractivity contribution in [2.45, 2.75) is 19.3 Å². The van der Waals surface area contributed by atoms with E-state index in [4.69, 9.17) is 0 Å². The number of hydrogen-bond donors (Lipinski definition) is 1. The Morgan fingerprint density at radius 2 is 2.15 bits per heavy atom. The fraction of sp³-hybridized carbons (Fsp3) is 0.889. The molecule has 2 aliphatic heterocycles. The first-order valence-electron chi connectivity index (χ1n) is 5.08.